The molecule has 0 radical (unpaired) electrons. The molecular formula is C12H16F2N4O3. The van der Waals surface area contributed by atoms with Crippen molar-refractivity contribution in [2.75, 3.05) is 5.73 Å². The molecule has 0 saturated carbocycles. The van der Waals surface area contributed by atoms with Crippen LogP contribution in [0.4, 0.5) is 14.6 Å². The molecule has 1 aliphatic rings. The Bertz CT molecular complexity index is 592. The van der Waals surface area contributed by atoms with Crippen molar-refractivity contribution in [2.45, 2.75) is 36.8 Å². The van der Waals surface area contributed by atoms with Gasteiger partial charge in [-0.15, -0.1) is 6.58 Å². The van der Waals surface area contributed by atoms with Crippen LogP contribution in [0.15, 0.2) is 29.7 Å². The zero-order chi connectivity index (χ0) is 15.8. The molecule has 21 heavy (non-hydrogen) atoms. The van der Waals surface area contributed by atoms with Gasteiger partial charge in [0.05, 0.1) is 0 Å². The van der Waals surface area contributed by atoms with Gasteiger partial charge in [-0.05, 0) is 12.5 Å². The lowest BCUT2D eigenvalue weighted by molar-refractivity contribution is -0.140. The van der Waals surface area contributed by atoms with Crippen LogP contribution in [0, 0.1) is 0 Å². The highest BCUT2D eigenvalue weighted by molar-refractivity contribution is 5.23. The van der Waals surface area contributed by atoms with E-state index in [1.807, 2.05) is 0 Å². The van der Waals surface area contributed by atoms with E-state index in [0.717, 1.165) is 6.20 Å². The molecule has 1 unspecified atom stereocenters. The Morgan fingerprint density at radius 1 is 1.67 bits per heavy atom. The van der Waals surface area contributed by atoms with Gasteiger partial charge in [-0.1, -0.05) is 6.08 Å². The van der Waals surface area contributed by atoms with Gasteiger partial charge in [-0.2, -0.15) is 13.8 Å². The number of rotatable bonds is 4. The third-order valence-electron chi connectivity index (χ3n) is 3.29. The van der Waals surface area contributed by atoms with E-state index in [4.69, 9.17) is 16.2 Å². The quantitative estimate of drug-likeness (QED) is 0.653. The zero-order valence-corrected chi connectivity index (χ0v) is 11.0. The lowest BCUT2D eigenvalue weighted by atomic mass is 10.0. The molecule has 0 amide bonds. The molecule has 1 aliphatic heterocycles. The minimum atomic E-state index is -3.69. The number of aromatic nitrogens is 2. The second-order valence-electron chi connectivity index (χ2n) is 4.80. The molecule has 1 aromatic heterocycles. The molecule has 1 fully saturated rings. The highest BCUT2D eigenvalue weighted by atomic mass is 19.3. The fourth-order valence-electron chi connectivity index (χ4n) is 2.20. The summed E-state index contributed by atoms with van der Waals surface area (Å²) < 4.78 is 34.0. The third-order valence-corrected chi connectivity index (χ3v) is 3.29. The Labute approximate surface area is 118 Å². The monoisotopic (exact) mass is 302 g/mol. The van der Waals surface area contributed by atoms with Crippen molar-refractivity contribution < 1.29 is 18.6 Å². The van der Waals surface area contributed by atoms with E-state index in [9.17, 15) is 18.7 Å². The van der Waals surface area contributed by atoms with Gasteiger partial charge in [0.25, 0.3) is 0 Å². The van der Waals surface area contributed by atoms with E-state index < -0.39 is 36.1 Å². The van der Waals surface area contributed by atoms with Crippen LogP contribution in [0.1, 0.15) is 12.6 Å². The van der Waals surface area contributed by atoms with Crippen molar-refractivity contribution in [3.63, 3.8) is 0 Å². The van der Waals surface area contributed by atoms with Crippen LogP contribution >= 0.6 is 0 Å². The maximum absolute atomic E-state index is 14.1. The van der Waals surface area contributed by atoms with E-state index in [0.29, 0.717) is 4.57 Å². The van der Waals surface area contributed by atoms with Gasteiger partial charge in [-0.25, -0.2) is 4.79 Å². The number of aliphatic hydroxyl groups excluding tert-OH is 1. The average Bonchev–Trinajstić information content (AvgIpc) is 2.62. The summed E-state index contributed by atoms with van der Waals surface area (Å²) in [6.45, 7) is 3.45. The van der Waals surface area contributed by atoms with Crippen LogP contribution in [-0.4, -0.2) is 38.8 Å². The number of alkyl halides is 2. The smallest absolute Gasteiger partial charge is 0.351 e. The van der Waals surface area contributed by atoms with Gasteiger partial charge in [-0.3, -0.25) is 4.57 Å². The van der Waals surface area contributed by atoms with Crippen molar-refractivity contribution in [2.24, 2.45) is 5.73 Å². The predicted octanol–water partition coefficient (Wildman–Crippen LogP) is -0.378. The van der Waals surface area contributed by atoms with Gasteiger partial charge in [0.15, 0.2) is 0 Å². The first kappa shape index (κ1) is 15.5. The Kier molecular flexibility index (Phi) is 4.08. The first-order chi connectivity index (χ1) is 9.78. The Morgan fingerprint density at radius 2 is 2.33 bits per heavy atom. The summed E-state index contributed by atoms with van der Waals surface area (Å²) in [6, 6.07) is 0.315. The first-order valence-corrected chi connectivity index (χ1v) is 6.21. The SMILES string of the molecule is C=CCC(N)[C@H]1O[C@@H](n2ccc(N)nc2=O)C(F)(F)[C@@H]1O. The Balaban J connectivity index is 2.36. The molecule has 116 valence electrons. The molecule has 2 rings (SSSR count). The molecule has 0 bridgehead atoms. The van der Waals surface area contributed by atoms with Crippen LogP contribution < -0.4 is 17.2 Å². The second kappa shape index (κ2) is 5.51. The minimum Gasteiger partial charge on any atom is -0.384 e. The van der Waals surface area contributed by atoms with Crippen LogP contribution in [0.25, 0.3) is 0 Å². The zero-order valence-electron chi connectivity index (χ0n) is 11.0. The van der Waals surface area contributed by atoms with Crippen LogP contribution in [0.5, 0.6) is 0 Å². The maximum Gasteiger partial charge on any atom is 0.351 e. The molecule has 1 saturated heterocycles. The van der Waals surface area contributed by atoms with Crippen molar-refractivity contribution in [3.8, 4) is 0 Å². The van der Waals surface area contributed by atoms with E-state index in [-0.39, 0.29) is 12.2 Å². The summed E-state index contributed by atoms with van der Waals surface area (Å²) >= 11 is 0. The largest absolute Gasteiger partial charge is 0.384 e. The number of aliphatic hydroxyl groups is 1. The number of ether oxygens (including phenoxy) is 1. The molecule has 9 heteroatoms. The van der Waals surface area contributed by atoms with Gasteiger partial charge in [0.1, 0.15) is 18.0 Å². The van der Waals surface area contributed by atoms with Gasteiger partial charge >= 0.3 is 11.6 Å². The summed E-state index contributed by atoms with van der Waals surface area (Å²) in [7, 11) is 0. The van der Waals surface area contributed by atoms with E-state index in [1.165, 1.54) is 12.1 Å². The highest BCUT2D eigenvalue weighted by Gasteiger charge is 2.60. The molecule has 4 atom stereocenters. The van der Waals surface area contributed by atoms with Crippen LogP contribution in [0.3, 0.4) is 0 Å². The van der Waals surface area contributed by atoms with E-state index in [2.05, 4.69) is 11.6 Å². The van der Waals surface area contributed by atoms with Crippen LogP contribution in [-0.2, 0) is 4.74 Å². The summed E-state index contributed by atoms with van der Waals surface area (Å²) in [5.74, 6) is -3.79. The van der Waals surface area contributed by atoms with Gasteiger partial charge in [0, 0.05) is 12.2 Å². The lowest BCUT2D eigenvalue weighted by Gasteiger charge is -2.21. The summed E-state index contributed by atoms with van der Waals surface area (Å²) in [4.78, 5) is 15.0. The number of nitrogen functional groups attached to an aromatic ring is 1. The number of anilines is 1. The van der Waals surface area contributed by atoms with Crippen molar-refractivity contribution in [3.05, 3.63) is 35.4 Å². The lowest BCUT2D eigenvalue weighted by Crippen LogP contribution is -2.46. The molecule has 5 N–H and O–H groups in total. The maximum atomic E-state index is 14.1. The topological polar surface area (TPSA) is 116 Å². The average molecular weight is 302 g/mol. The summed E-state index contributed by atoms with van der Waals surface area (Å²) in [5.41, 5.74) is 10.00. The molecular weight excluding hydrogens is 286 g/mol. The van der Waals surface area contributed by atoms with E-state index in [1.54, 1.807) is 0 Å². The van der Waals surface area contributed by atoms with Crippen molar-refractivity contribution in [1.29, 1.82) is 0 Å². The molecule has 0 aliphatic carbocycles. The third kappa shape index (κ3) is 2.67. The van der Waals surface area contributed by atoms with Crippen molar-refractivity contribution >= 4 is 5.82 Å². The summed E-state index contributed by atoms with van der Waals surface area (Å²) in [6.07, 6.45) is -2.80. The number of hydrogen-bond acceptors (Lipinski definition) is 6. The fraction of sp³-hybridized carbons (Fsp3) is 0.500. The predicted molar refractivity (Wildman–Crippen MR) is 70.6 cm³/mol. The standard InChI is InChI=1S/C12H16F2N4O3/c1-2-3-6(15)8-9(19)12(13,14)10(21-8)18-5-4-7(16)17-11(18)20/h2,4-6,8-10,19H,1,3,15H2,(H2,16,17,20)/t6?,8-,9-,10-/m1/s1. The molecule has 1 aromatic rings. The Hall–Kier alpha value is -1.84. The normalized spacial score (nSPS) is 29.2. The molecule has 2 heterocycles. The fourth-order valence-corrected chi connectivity index (χ4v) is 2.20. The van der Waals surface area contributed by atoms with Crippen LogP contribution in [0.2, 0.25) is 0 Å². The Morgan fingerprint density at radius 3 is 2.90 bits per heavy atom. The van der Waals surface area contributed by atoms with Gasteiger partial charge < -0.3 is 21.3 Å². The molecule has 0 spiro atoms. The number of nitrogens with zero attached hydrogens (tertiary/aromatic N) is 2. The number of hydrogen-bond donors (Lipinski definition) is 3. The first-order valence-electron chi connectivity index (χ1n) is 6.21. The molecule has 0 aromatic carbocycles. The summed E-state index contributed by atoms with van der Waals surface area (Å²) in [5, 5.41) is 9.74. The minimum absolute atomic E-state index is 0.0991. The van der Waals surface area contributed by atoms with Gasteiger partial charge in [0.2, 0.25) is 6.23 Å². The molecule has 7 nitrogen and oxygen atoms in total. The van der Waals surface area contributed by atoms with E-state index >= 15 is 0 Å². The number of halogens is 2. The number of nitrogens with two attached hydrogens (primary N) is 2. The highest BCUT2D eigenvalue weighted by Crippen LogP contribution is 2.43. The van der Waals surface area contributed by atoms with Crippen molar-refractivity contribution in [1.82, 2.24) is 9.55 Å². The second-order valence-corrected chi connectivity index (χ2v) is 4.80.